The predicted molar refractivity (Wildman–Crippen MR) is 182 cm³/mol. The third kappa shape index (κ3) is 4.30. The Kier molecular flexibility index (Phi) is 6.08. The highest BCUT2D eigenvalue weighted by atomic mass is 15.1. The first-order valence-corrected chi connectivity index (χ1v) is 15.1. The molecule has 2 heteroatoms. The number of pyridine rings is 1. The van der Waals surface area contributed by atoms with Crippen LogP contribution in [-0.2, 0) is 0 Å². The monoisotopic (exact) mass is 552 g/mol. The summed E-state index contributed by atoms with van der Waals surface area (Å²) >= 11 is 0. The smallest absolute Gasteiger partial charge is 0.138 e. The number of benzene rings is 5. The number of fused-ring (bicyclic) bond motifs is 5. The van der Waals surface area contributed by atoms with Crippen LogP contribution < -0.4 is 0 Å². The van der Waals surface area contributed by atoms with Gasteiger partial charge in [0, 0.05) is 22.9 Å². The first-order valence-electron chi connectivity index (χ1n) is 15.1. The molecule has 0 amide bonds. The Morgan fingerprint density at radius 3 is 2.35 bits per heavy atom. The maximum Gasteiger partial charge on any atom is 0.138 e. The van der Waals surface area contributed by atoms with Crippen LogP contribution in [0.3, 0.4) is 0 Å². The van der Waals surface area contributed by atoms with Gasteiger partial charge in [0.15, 0.2) is 0 Å². The Balaban J connectivity index is 1.32. The van der Waals surface area contributed by atoms with Crippen molar-refractivity contribution in [2.24, 2.45) is 0 Å². The summed E-state index contributed by atoms with van der Waals surface area (Å²) in [5.74, 6) is 1.25. The summed E-state index contributed by atoms with van der Waals surface area (Å²) in [4.78, 5) is 4.91. The Hall–Kier alpha value is -5.21. The molecule has 8 rings (SSSR count). The van der Waals surface area contributed by atoms with Gasteiger partial charge in [0.2, 0.25) is 0 Å². The lowest BCUT2D eigenvalue weighted by atomic mass is 9.81. The molecule has 43 heavy (non-hydrogen) atoms. The summed E-state index contributed by atoms with van der Waals surface area (Å²) in [6.45, 7) is 4.46. The van der Waals surface area contributed by atoms with E-state index >= 15 is 0 Å². The molecule has 7 aromatic rings. The zero-order valence-corrected chi connectivity index (χ0v) is 24.5. The molecule has 2 nitrogen and oxygen atoms in total. The van der Waals surface area contributed by atoms with Gasteiger partial charge in [0.05, 0.1) is 11.0 Å². The molecule has 0 saturated heterocycles. The second-order valence-electron chi connectivity index (χ2n) is 11.7. The highest BCUT2D eigenvalue weighted by Crippen LogP contribution is 2.42. The zero-order chi connectivity index (χ0) is 28.9. The third-order valence-corrected chi connectivity index (χ3v) is 9.14. The SMILES string of the molecule is CC1=C(c2ccccc2C)CC(c2ccc3c(c2)c2c4ccccc4ccc2n3-c2cc(-c3ccccc3)ccn2)C=C1. The van der Waals surface area contributed by atoms with Crippen LogP contribution in [0.5, 0.6) is 0 Å². The molecule has 0 N–H and O–H groups in total. The highest BCUT2D eigenvalue weighted by molar-refractivity contribution is 6.21. The molecule has 1 unspecified atom stereocenters. The minimum absolute atomic E-state index is 0.315. The number of rotatable bonds is 4. The average molecular weight is 553 g/mol. The molecular formula is C41H32N2. The fourth-order valence-electron chi connectivity index (χ4n) is 6.91. The maximum atomic E-state index is 4.91. The molecule has 1 aliphatic rings. The molecule has 0 spiro atoms. The van der Waals surface area contributed by atoms with Gasteiger partial charge in [0.25, 0.3) is 0 Å². The van der Waals surface area contributed by atoms with Gasteiger partial charge in [-0.25, -0.2) is 4.98 Å². The zero-order valence-electron chi connectivity index (χ0n) is 24.5. The van der Waals surface area contributed by atoms with Crippen LogP contribution in [-0.4, -0.2) is 9.55 Å². The number of hydrogen-bond acceptors (Lipinski definition) is 1. The standard InChI is InChI=1S/C41H32N2/c1-27-10-6-8-14-34(27)36-24-31(17-16-28(36)2)32-19-20-38-37(25-32)41-35-15-9-7-13-30(35)18-21-39(41)43(38)40-26-33(22-23-42-40)29-11-4-3-5-12-29/h3-23,25-26,31H,24H2,1-2H3. The Morgan fingerprint density at radius 1 is 0.674 bits per heavy atom. The normalized spacial score (nSPS) is 15.2. The van der Waals surface area contributed by atoms with Crippen molar-refractivity contribution in [3.05, 3.63) is 162 Å². The van der Waals surface area contributed by atoms with Gasteiger partial charge in [0.1, 0.15) is 5.82 Å². The van der Waals surface area contributed by atoms with Crippen molar-refractivity contribution >= 4 is 38.2 Å². The molecule has 2 heterocycles. The van der Waals surface area contributed by atoms with Crippen LogP contribution in [0, 0.1) is 6.92 Å². The Bertz CT molecular complexity index is 2230. The van der Waals surface area contributed by atoms with Gasteiger partial charge in [-0.2, -0.15) is 0 Å². The van der Waals surface area contributed by atoms with E-state index in [-0.39, 0.29) is 0 Å². The van der Waals surface area contributed by atoms with Crippen LogP contribution in [0.4, 0.5) is 0 Å². The molecule has 0 aliphatic heterocycles. The van der Waals surface area contributed by atoms with Crippen LogP contribution >= 0.6 is 0 Å². The molecule has 0 saturated carbocycles. The second-order valence-corrected chi connectivity index (χ2v) is 11.7. The lowest BCUT2D eigenvalue weighted by Crippen LogP contribution is -2.04. The van der Waals surface area contributed by atoms with Crippen molar-refractivity contribution in [3.63, 3.8) is 0 Å². The van der Waals surface area contributed by atoms with Crippen LogP contribution in [0.2, 0.25) is 0 Å². The summed E-state index contributed by atoms with van der Waals surface area (Å²) < 4.78 is 2.34. The molecule has 2 aromatic heterocycles. The first-order chi connectivity index (χ1) is 21.2. The highest BCUT2D eigenvalue weighted by Gasteiger charge is 2.21. The maximum absolute atomic E-state index is 4.91. The summed E-state index contributed by atoms with van der Waals surface area (Å²) in [6.07, 6.45) is 7.64. The number of nitrogens with zero attached hydrogens (tertiary/aromatic N) is 2. The average Bonchev–Trinajstić information content (AvgIpc) is 3.40. The fraction of sp³-hybridized carbons (Fsp3) is 0.0976. The van der Waals surface area contributed by atoms with E-state index in [0.29, 0.717) is 5.92 Å². The van der Waals surface area contributed by atoms with Crippen LogP contribution in [0.1, 0.15) is 36.0 Å². The number of hydrogen-bond donors (Lipinski definition) is 0. The summed E-state index contributed by atoms with van der Waals surface area (Å²) in [5, 5.41) is 5.08. The van der Waals surface area contributed by atoms with Crippen molar-refractivity contribution in [2.45, 2.75) is 26.2 Å². The van der Waals surface area contributed by atoms with Gasteiger partial charge >= 0.3 is 0 Å². The molecule has 1 aliphatic carbocycles. The number of aromatic nitrogens is 2. The molecule has 0 fully saturated rings. The van der Waals surface area contributed by atoms with E-state index in [2.05, 4.69) is 152 Å². The lowest BCUT2D eigenvalue weighted by Gasteiger charge is -2.23. The minimum atomic E-state index is 0.315. The lowest BCUT2D eigenvalue weighted by molar-refractivity contribution is 0.860. The van der Waals surface area contributed by atoms with E-state index in [1.54, 1.807) is 0 Å². The number of aryl methyl sites for hydroxylation is 1. The van der Waals surface area contributed by atoms with Crippen molar-refractivity contribution in [1.29, 1.82) is 0 Å². The van der Waals surface area contributed by atoms with Crippen molar-refractivity contribution in [3.8, 4) is 16.9 Å². The van der Waals surface area contributed by atoms with E-state index < -0.39 is 0 Å². The fourth-order valence-corrected chi connectivity index (χ4v) is 6.91. The molecule has 0 bridgehead atoms. The van der Waals surface area contributed by atoms with Crippen LogP contribution in [0.25, 0.3) is 55.1 Å². The molecule has 5 aromatic carbocycles. The summed E-state index contributed by atoms with van der Waals surface area (Å²) in [5.41, 5.74) is 11.6. The van der Waals surface area contributed by atoms with Gasteiger partial charge < -0.3 is 0 Å². The molecule has 1 atom stereocenters. The third-order valence-electron chi connectivity index (χ3n) is 9.14. The number of allylic oxidation sites excluding steroid dienone is 4. The predicted octanol–water partition coefficient (Wildman–Crippen LogP) is 10.8. The Morgan fingerprint density at radius 2 is 1.47 bits per heavy atom. The van der Waals surface area contributed by atoms with Crippen LogP contribution in [0.15, 0.2) is 145 Å². The van der Waals surface area contributed by atoms with Crippen molar-refractivity contribution in [1.82, 2.24) is 9.55 Å². The summed E-state index contributed by atoms with van der Waals surface area (Å²) in [6, 6.07) is 43.9. The molecule has 0 radical (unpaired) electrons. The summed E-state index contributed by atoms with van der Waals surface area (Å²) in [7, 11) is 0. The van der Waals surface area contributed by atoms with E-state index in [9.17, 15) is 0 Å². The van der Waals surface area contributed by atoms with Crippen molar-refractivity contribution < 1.29 is 0 Å². The second kappa shape index (κ2) is 10.3. The van der Waals surface area contributed by atoms with E-state index in [4.69, 9.17) is 4.98 Å². The van der Waals surface area contributed by atoms with E-state index in [0.717, 1.165) is 17.8 Å². The van der Waals surface area contributed by atoms with E-state index in [1.165, 1.54) is 66.0 Å². The van der Waals surface area contributed by atoms with E-state index in [1.807, 2.05) is 6.20 Å². The van der Waals surface area contributed by atoms with Gasteiger partial charge in [-0.05, 0) is 100 Å². The van der Waals surface area contributed by atoms with Gasteiger partial charge in [-0.15, -0.1) is 0 Å². The van der Waals surface area contributed by atoms with Gasteiger partial charge in [-0.1, -0.05) is 103 Å². The quantitative estimate of drug-likeness (QED) is 0.212. The first kappa shape index (κ1) is 25.5. The Labute approximate surface area is 252 Å². The molecule has 206 valence electrons. The molecular weight excluding hydrogens is 520 g/mol. The largest absolute Gasteiger partial charge is 0.294 e. The topological polar surface area (TPSA) is 17.8 Å². The minimum Gasteiger partial charge on any atom is -0.294 e. The van der Waals surface area contributed by atoms with Crippen molar-refractivity contribution in [2.75, 3.05) is 0 Å². The van der Waals surface area contributed by atoms with Gasteiger partial charge in [-0.3, -0.25) is 4.57 Å².